The number of thiophene rings is 1. The fourth-order valence-electron chi connectivity index (χ4n) is 5.84. The van der Waals surface area contributed by atoms with Gasteiger partial charge in [0.05, 0.1) is 21.5 Å². The van der Waals surface area contributed by atoms with Crippen molar-refractivity contribution in [2.45, 2.75) is 24.8 Å². The number of anilines is 1. The number of nitrogens with zero attached hydrogens (tertiary/aromatic N) is 3. The topological polar surface area (TPSA) is 60.9 Å². The van der Waals surface area contributed by atoms with Gasteiger partial charge in [-0.15, -0.1) is 11.3 Å². The second-order valence-electron chi connectivity index (χ2n) is 10.9. The molecule has 0 unspecified atom stereocenters. The summed E-state index contributed by atoms with van der Waals surface area (Å²) in [6, 6.07) is 35.7. The van der Waals surface area contributed by atoms with Crippen molar-refractivity contribution in [1.29, 1.82) is 0 Å². The highest BCUT2D eigenvalue weighted by Gasteiger charge is 2.29. The van der Waals surface area contributed by atoms with Gasteiger partial charge in [0.15, 0.2) is 0 Å². The number of amides is 1. The molecule has 0 spiro atoms. The standard InChI is InChI=1S/C35H35N3O3S2/c1-3-38(43(40,41)31-17-14-26(2)15-18-31)30-16-19-32-29(24-30)25-33(42-32)35(39)37-22-20-36(21-23-37)34(27-10-6-4-7-11-27)28-12-8-5-9-13-28/h4-19,24-25,34H,3,20-23H2,1-2H3. The zero-order valence-electron chi connectivity index (χ0n) is 24.4. The van der Waals surface area contributed by atoms with E-state index in [-0.39, 0.29) is 16.8 Å². The van der Waals surface area contributed by atoms with Crippen molar-refractivity contribution in [3.8, 4) is 0 Å². The first-order valence-electron chi connectivity index (χ1n) is 14.6. The van der Waals surface area contributed by atoms with Gasteiger partial charge in [0.2, 0.25) is 0 Å². The van der Waals surface area contributed by atoms with Gasteiger partial charge in [-0.05, 0) is 66.8 Å². The van der Waals surface area contributed by atoms with Crippen LogP contribution in [0.1, 0.15) is 39.3 Å². The van der Waals surface area contributed by atoms with E-state index in [1.165, 1.54) is 26.8 Å². The monoisotopic (exact) mass is 609 g/mol. The van der Waals surface area contributed by atoms with Crippen LogP contribution in [-0.2, 0) is 10.0 Å². The normalized spacial score (nSPS) is 14.3. The van der Waals surface area contributed by atoms with Crippen LogP contribution in [0.15, 0.2) is 114 Å². The number of rotatable bonds is 8. The fourth-order valence-corrected chi connectivity index (χ4v) is 8.32. The van der Waals surface area contributed by atoms with Crippen LogP contribution < -0.4 is 4.31 Å². The second kappa shape index (κ2) is 12.3. The third-order valence-corrected chi connectivity index (χ3v) is 11.1. The van der Waals surface area contributed by atoms with Crippen LogP contribution in [0.25, 0.3) is 10.1 Å². The molecule has 1 aromatic heterocycles. The number of fused-ring (bicyclic) bond motifs is 1. The SMILES string of the molecule is CCN(c1ccc2sc(C(=O)N3CCN(C(c4ccccc4)c4ccccc4)CC3)cc2c1)S(=O)(=O)c1ccc(C)cc1. The maximum absolute atomic E-state index is 13.6. The van der Waals surface area contributed by atoms with Gasteiger partial charge in [0.1, 0.15) is 0 Å². The molecule has 0 radical (unpaired) electrons. The Morgan fingerprint density at radius 2 is 1.42 bits per heavy atom. The van der Waals surface area contributed by atoms with Crippen LogP contribution in [0.4, 0.5) is 5.69 Å². The first kappa shape index (κ1) is 29.1. The quantitative estimate of drug-likeness (QED) is 0.191. The molecule has 1 amide bonds. The number of hydrogen-bond acceptors (Lipinski definition) is 5. The molecule has 1 saturated heterocycles. The van der Waals surface area contributed by atoms with Gasteiger partial charge < -0.3 is 4.90 Å². The van der Waals surface area contributed by atoms with Gasteiger partial charge in [-0.1, -0.05) is 78.4 Å². The molecule has 5 aromatic rings. The van der Waals surface area contributed by atoms with E-state index in [9.17, 15) is 13.2 Å². The molecular weight excluding hydrogens is 575 g/mol. The number of carbonyl (C=O) groups excluding carboxylic acids is 1. The van der Waals surface area contributed by atoms with Crippen molar-refractivity contribution in [1.82, 2.24) is 9.80 Å². The van der Waals surface area contributed by atoms with Crippen LogP contribution in [0.5, 0.6) is 0 Å². The summed E-state index contributed by atoms with van der Waals surface area (Å²) >= 11 is 1.46. The largest absolute Gasteiger partial charge is 0.335 e. The van der Waals surface area contributed by atoms with E-state index in [0.29, 0.717) is 30.2 Å². The highest BCUT2D eigenvalue weighted by Crippen LogP contribution is 2.34. The van der Waals surface area contributed by atoms with Crippen molar-refractivity contribution in [3.05, 3.63) is 131 Å². The van der Waals surface area contributed by atoms with Crippen molar-refractivity contribution >= 4 is 43.0 Å². The maximum atomic E-state index is 13.6. The van der Waals surface area contributed by atoms with Crippen molar-refractivity contribution in [3.63, 3.8) is 0 Å². The minimum atomic E-state index is -3.71. The number of aryl methyl sites for hydroxylation is 1. The Balaban J connectivity index is 1.19. The van der Waals surface area contributed by atoms with Gasteiger partial charge in [-0.25, -0.2) is 8.42 Å². The lowest BCUT2D eigenvalue weighted by Crippen LogP contribution is -2.49. The number of piperazine rings is 1. The molecule has 8 heteroatoms. The third kappa shape index (κ3) is 5.95. The molecule has 1 aliphatic heterocycles. The smallest absolute Gasteiger partial charge is 0.264 e. The zero-order chi connectivity index (χ0) is 30.0. The Bertz CT molecular complexity index is 1770. The maximum Gasteiger partial charge on any atom is 0.264 e. The summed E-state index contributed by atoms with van der Waals surface area (Å²) < 4.78 is 29.3. The average Bonchev–Trinajstić information content (AvgIpc) is 3.46. The van der Waals surface area contributed by atoms with E-state index in [4.69, 9.17) is 0 Å². The lowest BCUT2D eigenvalue weighted by atomic mass is 9.96. The van der Waals surface area contributed by atoms with Gasteiger partial charge >= 0.3 is 0 Å². The van der Waals surface area contributed by atoms with Crippen molar-refractivity contribution in [2.75, 3.05) is 37.0 Å². The molecule has 0 N–H and O–H groups in total. The minimum Gasteiger partial charge on any atom is -0.335 e. The summed E-state index contributed by atoms with van der Waals surface area (Å²) in [5, 5.41) is 0.871. The first-order chi connectivity index (χ1) is 20.8. The van der Waals surface area contributed by atoms with E-state index in [1.54, 1.807) is 12.1 Å². The lowest BCUT2D eigenvalue weighted by molar-refractivity contribution is 0.0602. The van der Waals surface area contributed by atoms with Crippen LogP contribution in [0, 0.1) is 6.92 Å². The summed E-state index contributed by atoms with van der Waals surface area (Å²) in [6.07, 6.45) is 0. The van der Waals surface area contributed by atoms with Gasteiger partial charge in [0, 0.05) is 37.4 Å². The lowest BCUT2D eigenvalue weighted by Gasteiger charge is -2.39. The summed E-state index contributed by atoms with van der Waals surface area (Å²) in [4.78, 5) is 19.0. The molecule has 6 nitrogen and oxygen atoms in total. The number of carbonyl (C=O) groups is 1. The number of hydrogen-bond donors (Lipinski definition) is 0. The molecule has 1 aliphatic rings. The number of sulfonamides is 1. The zero-order valence-corrected chi connectivity index (χ0v) is 26.0. The summed E-state index contributed by atoms with van der Waals surface area (Å²) in [5.74, 6) is 0.0259. The Kier molecular flexibility index (Phi) is 8.34. The molecule has 43 heavy (non-hydrogen) atoms. The predicted octanol–water partition coefficient (Wildman–Crippen LogP) is 6.97. The van der Waals surface area contributed by atoms with E-state index >= 15 is 0 Å². The van der Waals surface area contributed by atoms with E-state index in [0.717, 1.165) is 28.7 Å². The molecular formula is C35H35N3O3S2. The highest BCUT2D eigenvalue weighted by molar-refractivity contribution is 7.92. The average molecular weight is 610 g/mol. The van der Waals surface area contributed by atoms with Crippen LogP contribution in [-0.4, -0.2) is 56.8 Å². The summed E-state index contributed by atoms with van der Waals surface area (Å²) in [5.41, 5.74) is 4.10. The Morgan fingerprint density at radius 1 is 0.814 bits per heavy atom. The molecule has 0 saturated carbocycles. The van der Waals surface area contributed by atoms with Crippen molar-refractivity contribution < 1.29 is 13.2 Å². The Morgan fingerprint density at radius 3 is 2.00 bits per heavy atom. The molecule has 0 atom stereocenters. The molecule has 2 heterocycles. The second-order valence-corrected chi connectivity index (χ2v) is 13.8. The summed E-state index contributed by atoms with van der Waals surface area (Å²) in [6.45, 7) is 6.91. The van der Waals surface area contributed by atoms with Gasteiger partial charge in [-0.2, -0.15) is 0 Å². The molecule has 1 fully saturated rings. The molecule has 0 aliphatic carbocycles. The van der Waals surface area contributed by atoms with E-state index in [2.05, 4.69) is 53.4 Å². The Labute approximate surface area is 257 Å². The minimum absolute atomic E-state index is 0.0259. The van der Waals surface area contributed by atoms with E-state index in [1.807, 2.05) is 67.3 Å². The molecule has 6 rings (SSSR count). The molecule has 0 bridgehead atoms. The van der Waals surface area contributed by atoms with Crippen LogP contribution in [0.2, 0.25) is 0 Å². The predicted molar refractivity (Wildman–Crippen MR) is 175 cm³/mol. The molecule has 220 valence electrons. The van der Waals surface area contributed by atoms with E-state index < -0.39 is 10.0 Å². The summed E-state index contributed by atoms with van der Waals surface area (Å²) in [7, 11) is -3.71. The van der Waals surface area contributed by atoms with Crippen molar-refractivity contribution in [2.24, 2.45) is 0 Å². The van der Waals surface area contributed by atoms with Crippen LogP contribution >= 0.6 is 11.3 Å². The Hall–Kier alpha value is -3.98. The van der Waals surface area contributed by atoms with Gasteiger partial charge in [0.25, 0.3) is 15.9 Å². The fraction of sp³-hybridized carbons (Fsp3) is 0.229. The van der Waals surface area contributed by atoms with Gasteiger partial charge in [-0.3, -0.25) is 14.0 Å². The third-order valence-electron chi connectivity index (χ3n) is 8.09. The highest BCUT2D eigenvalue weighted by atomic mass is 32.2. The van der Waals surface area contributed by atoms with Crippen LogP contribution in [0.3, 0.4) is 0 Å². The molecule has 4 aromatic carbocycles. The first-order valence-corrected chi connectivity index (χ1v) is 16.9. The number of benzene rings is 4.